The Morgan fingerprint density at radius 2 is 0.816 bits per heavy atom. The Kier molecular flexibility index (Phi) is 42.8. The summed E-state index contributed by atoms with van der Waals surface area (Å²) >= 11 is 8.42. The van der Waals surface area contributed by atoms with Crippen molar-refractivity contribution in [1.29, 1.82) is 10.8 Å². The third-order valence-corrected chi connectivity index (χ3v) is 17.2. The number of carboxylic acids is 1. The number of aromatic hydroxyl groups is 1. The number of hydrogen-bond acceptors (Lipinski definition) is 24. The molecule has 1 aromatic rings. The van der Waals surface area contributed by atoms with E-state index in [9.17, 15) is 77.6 Å². The number of carboxylic acid groups (broad SMARTS) is 1. The van der Waals surface area contributed by atoms with Gasteiger partial charge in [-0.15, -0.1) is 0 Å². The summed E-state index contributed by atoms with van der Waals surface area (Å²) in [5.74, 6) is -14.7. The molecule has 0 radical (unpaired) electrons. The highest BCUT2D eigenvalue weighted by Crippen LogP contribution is 2.27. The Bertz CT molecular complexity index is 2970. The van der Waals surface area contributed by atoms with Gasteiger partial charge in [0.2, 0.25) is 70.9 Å². The van der Waals surface area contributed by atoms with Crippen LogP contribution in [0.15, 0.2) is 24.3 Å². The third-order valence-electron chi connectivity index (χ3n) is 16.5. The zero-order valence-corrected chi connectivity index (χ0v) is 59.7. The number of unbranched alkanes of at least 4 members (excludes halogenated alkanes) is 1. The summed E-state index contributed by atoms with van der Waals surface area (Å²) in [6.45, 7) is 0.673. The highest BCUT2D eigenvalue weighted by Gasteiger charge is 2.38. The molecule has 0 aliphatic heterocycles. The van der Waals surface area contributed by atoms with Crippen LogP contribution in [-0.4, -0.2) is 233 Å². The molecule has 1 saturated carbocycles. The molecule has 13 atom stereocenters. The summed E-state index contributed by atoms with van der Waals surface area (Å²) < 4.78 is 0. The van der Waals surface area contributed by atoms with Gasteiger partial charge in [-0.3, -0.25) is 68.4 Å². The fraction of sp³-hybridized carbons (Fsp3) is 0.661. The molecule has 2 rings (SSSR count). The van der Waals surface area contributed by atoms with Gasteiger partial charge in [-0.25, -0.2) is 4.79 Å². The quantitative estimate of drug-likeness (QED) is 0.0125. The fourth-order valence-electron chi connectivity index (χ4n) is 10.8. The van der Waals surface area contributed by atoms with E-state index in [0.29, 0.717) is 12.0 Å². The second-order valence-electron chi connectivity index (χ2n) is 24.9. The molecule has 1 aliphatic rings. The maximum absolute atomic E-state index is 14.2. The molecule has 41 heteroatoms. The van der Waals surface area contributed by atoms with Gasteiger partial charge in [0.1, 0.15) is 72.2 Å². The van der Waals surface area contributed by atoms with Gasteiger partial charge in [0.05, 0.1) is 18.6 Å². The highest BCUT2D eigenvalue weighted by atomic mass is 32.1. The standard InChI is InChI=1S/C62H109N23O16S2/c1-32(86)48(85-55(95)42(20-24-66)78-50(90)38(12-7-25-73-61(69)70)77-56(96)43(29-47(68)88)81-58(98)45(30-102)83-49(89)36(67)27-34-14-16-35(87)17-15-34)59(99)80-41(19-23-65)54(94)75-37(11-5-6-21-63)52(92)84-46(31-103)57(97)79-40(18-22-64)53(93)76-39(13-8-26-74-62(71)72)51(91)82-44(60(100)101)28-33-9-3-2-4-10-33/h14-17,32-33,36-46,48,86-87,102-103H,2-13,18-31,63-67H2,1H3,(H2,68,88)(H,75,94)(H,76,93)(H,77,96)(H,78,90)(H,79,97)(H,80,99)(H,81,98)(H,82,91)(H,83,89)(H,84,92)(H,85,95)(H,100,101)(H4,69,70,73)(H4,71,72,74)/t32-,36+,37+,38+,39+,40+,41-,42+,43+,44+,45+,46+,48+/m1/s1. The molecule has 0 bridgehead atoms. The first-order valence-corrected chi connectivity index (χ1v) is 35.3. The van der Waals surface area contributed by atoms with Gasteiger partial charge >= 0.3 is 5.97 Å². The van der Waals surface area contributed by atoms with Crippen molar-refractivity contribution in [2.45, 2.75) is 201 Å². The molecule has 103 heavy (non-hydrogen) atoms. The number of benzene rings is 1. The summed E-state index contributed by atoms with van der Waals surface area (Å²) in [6.07, 6.45) is 1.64. The van der Waals surface area contributed by atoms with Gasteiger partial charge in [-0.05, 0) is 134 Å². The number of carbonyl (C=O) groups excluding carboxylic acids is 12. The lowest BCUT2D eigenvalue weighted by Crippen LogP contribution is -2.62. The fourth-order valence-corrected chi connectivity index (χ4v) is 11.3. The van der Waals surface area contributed by atoms with E-state index in [4.69, 9.17) is 56.7 Å². The summed E-state index contributed by atoms with van der Waals surface area (Å²) in [7, 11) is 0. The molecular formula is C62H109N23O16S2. The number of phenols is 1. The maximum atomic E-state index is 14.2. The Labute approximate surface area is 608 Å². The minimum atomic E-state index is -1.88. The number of phenolic OH excluding ortho intramolecular Hbond substituents is 1. The Morgan fingerprint density at radius 1 is 0.466 bits per heavy atom. The lowest BCUT2D eigenvalue weighted by atomic mass is 9.84. The largest absolute Gasteiger partial charge is 0.508 e. The van der Waals surface area contributed by atoms with Crippen LogP contribution in [0.25, 0.3) is 0 Å². The summed E-state index contributed by atoms with van der Waals surface area (Å²) in [4.78, 5) is 178. The molecule has 0 saturated heterocycles. The molecule has 0 heterocycles. The predicted molar refractivity (Wildman–Crippen MR) is 385 cm³/mol. The lowest BCUT2D eigenvalue weighted by molar-refractivity contribution is -0.143. The number of aliphatic hydroxyl groups is 1. The van der Waals surface area contributed by atoms with Crippen LogP contribution in [0.2, 0.25) is 0 Å². The summed E-state index contributed by atoms with van der Waals surface area (Å²) in [6, 6.07) is -12.2. The molecule has 1 fully saturated rings. The molecule has 580 valence electrons. The molecule has 12 amide bonds. The van der Waals surface area contributed by atoms with Gasteiger partial charge in [-0.2, -0.15) is 25.3 Å². The second-order valence-corrected chi connectivity index (χ2v) is 25.6. The van der Waals surface area contributed by atoms with Crippen LogP contribution in [0.1, 0.15) is 122 Å². The van der Waals surface area contributed by atoms with Crippen LogP contribution in [0, 0.1) is 16.7 Å². The molecule has 34 N–H and O–H groups in total. The lowest BCUT2D eigenvalue weighted by Gasteiger charge is -2.29. The van der Waals surface area contributed by atoms with Crippen molar-refractivity contribution in [2.75, 3.05) is 50.8 Å². The monoisotopic (exact) mass is 1500 g/mol. The van der Waals surface area contributed by atoms with Crippen LogP contribution in [0.5, 0.6) is 5.75 Å². The molecule has 0 unspecified atom stereocenters. The van der Waals surface area contributed by atoms with Gasteiger partial charge < -0.3 is 130 Å². The average molecular weight is 1500 g/mol. The van der Waals surface area contributed by atoms with Crippen molar-refractivity contribution in [3.63, 3.8) is 0 Å². The minimum absolute atomic E-state index is 0.00431. The third kappa shape index (κ3) is 34.8. The number of primary amides is 1. The maximum Gasteiger partial charge on any atom is 0.326 e. The number of nitrogens with one attached hydrogen (secondary N) is 15. The number of carbonyl (C=O) groups is 13. The van der Waals surface area contributed by atoms with E-state index in [2.05, 4.69) is 94.4 Å². The van der Waals surface area contributed by atoms with E-state index < -0.39 is 168 Å². The Balaban J connectivity index is 2.35. The van der Waals surface area contributed by atoms with Crippen molar-refractivity contribution in [2.24, 2.45) is 51.8 Å². The summed E-state index contributed by atoms with van der Waals surface area (Å²) in [5, 5.41) is 77.9. The predicted octanol–water partition coefficient (Wildman–Crippen LogP) is -8.53. The van der Waals surface area contributed by atoms with Gasteiger partial charge in [-0.1, -0.05) is 44.2 Å². The SMILES string of the molecule is C[C@@H](O)[C@H](NC(=O)[C@H](CCN)NC(=O)[C@H](CCCNC(=N)N)NC(=O)[C@H](CC(N)=O)NC(=O)[C@H](CS)NC(=O)[C@@H](N)Cc1ccc(O)cc1)C(=O)N[C@H](CCN)C(=O)N[C@@H](CCCCN)C(=O)N[C@@H](CS)C(=O)N[C@@H](CCN)C(=O)N[C@@H](CCCNC(=N)N)C(=O)N[C@@H](CC1CCCCC1)C(=O)O. The van der Waals surface area contributed by atoms with Crippen LogP contribution < -0.4 is 115 Å². The zero-order valence-electron chi connectivity index (χ0n) is 57.9. The molecule has 1 aliphatic carbocycles. The van der Waals surface area contributed by atoms with Crippen molar-refractivity contribution in [3.05, 3.63) is 29.8 Å². The number of guanidine groups is 2. The summed E-state index contributed by atoms with van der Waals surface area (Å²) in [5.41, 5.74) is 46.4. The molecule has 39 nitrogen and oxygen atoms in total. The number of rotatable bonds is 50. The molecule has 0 spiro atoms. The Hall–Kier alpha value is -8.87. The zero-order chi connectivity index (χ0) is 77.3. The van der Waals surface area contributed by atoms with Gasteiger partial charge in [0.15, 0.2) is 11.9 Å². The van der Waals surface area contributed by atoms with E-state index in [1.54, 1.807) is 0 Å². The molecular weight excluding hydrogens is 1390 g/mol. The first kappa shape index (κ1) is 90.2. The number of aliphatic hydroxyl groups excluding tert-OH is 1. The first-order chi connectivity index (χ1) is 48.8. The number of hydrogen-bond donors (Lipinski definition) is 28. The minimum Gasteiger partial charge on any atom is -0.508 e. The Morgan fingerprint density at radius 3 is 1.19 bits per heavy atom. The molecule has 1 aromatic carbocycles. The van der Waals surface area contributed by atoms with Crippen molar-refractivity contribution >= 4 is 114 Å². The van der Waals surface area contributed by atoms with Crippen molar-refractivity contribution in [1.82, 2.24) is 69.1 Å². The average Bonchev–Trinajstić information content (AvgIpc) is 0.860. The smallest absolute Gasteiger partial charge is 0.326 e. The normalized spacial score (nSPS) is 15.9. The van der Waals surface area contributed by atoms with Crippen LogP contribution in [0.4, 0.5) is 0 Å². The van der Waals surface area contributed by atoms with E-state index in [0.717, 1.165) is 39.0 Å². The van der Waals surface area contributed by atoms with Crippen molar-refractivity contribution in [3.8, 4) is 5.75 Å². The van der Waals surface area contributed by atoms with E-state index >= 15 is 0 Å². The number of amides is 12. The number of aliphatic carboxylic acids is 1. The van der Waals surface area contributed by atoms with E-state index in [1.165, 1.54) is 24.3 Å². The topological polar surface area (TPSA) is 695 Å². The first-order valence-electron chi connectivity index (χ1n) is 34.1. The van der Waals surface area contributed by atoms with Crippen molar-refractivity contribution < 1.29 is 77.6 Å². The number of thiol groups is 2. The van der Waals surface area contributed by atoms with E-state index in [-0.39, 0.29) is 139 Å². The number of nitrogens with two attached hydrogens (primary N) is 8. The molecule has 0 aromatic heterocycles. The van der Waals surface area contributed by atoms with E-state index in [1.807, 2.05) is 0 Å². The van der Waals surface area contributed by atoms with Crippen LogP contribution in [-0.2, 0) is 68.7 Å². The van der Waals surface area contributed by atoms with Crippen LogP contribution in [0.3, 0.4) is 0 Å². The van der Waals surface area contributed by atoms with Gasteiger partial charge in [0, 0.05) is 24.6 Å². The highest BCUT2D eigenvalue weighted by molar-refractivity contribution is 7.80. The second kappa shape index (κ2) is 48.9. The van der Waals surface area contributed by atoms with Gasteiger partial charge in [0.25, 0.3) is 0 Å². The van der Waals surface area contributed by atoms with Crippen LogP contribution >= 0.6 is 25.3 Å².